The van der Waals surface area contributed by atoms with Crippen molar-refractivity contribution in [1.82, 2.24) is 0 Å². The Morgan fingerprint density at radius 2 is 1.79 bits per heavy atom. The molecular formula is C18H20N2O4. The number of aryl methyl sites for hydroxylation is 1. The van der Waals surface area contributed by atoms with Crippen molar-refractivity contribution in [3.63, 3.8) is 0 Å². The van der Waals surface area contributed by atoms with Crippen LogP contribution in [0.2, 0.25) is 0 Å². The maximum atomic E-state index is 12.2. The van der Waals surface area contributed by atoms with E-state index in [0.29, 0.717) is 17.0 Å². The van der Waals surface area contributed by atoms with Crippen molar-refractivity contribution in [3.8, 4) is 5.75 Å². The fraction of sp³-hybridized carbons (Fsp3) is 0.222. The van der Waals surface area contributed by atoms with E-state index in [1.54, 1.807) is 31.4 Å². The van der Waals surface area contributed by atoms with E-state index in [0.717, 1.165) is 11.3 Å². The van der Waals surface area contributed by atoms with Gasteiger partial charge in [-0.2, -0.15) is 0 Å². The van der Waals surface area contributed by atoms with E-state index < -0.39 is 5.97 Å². The molecule has 24 heavy (non-hydrogen) atoms. The van der Waals surface area contributed by atoms with E-state index in [-0.39, 0.29) is 12.5 Å². The van der Waals surface area contributed by atoms with Gasteiger partial charge in [0.15, 0.2) is 0 Å². The average Bonchev–Trinajstić information content (AvgIpc) is 2.60. The number of anilines is 2. The predicted molar refractivity (Wildman–Crippen MR) is 92.6 cm³/mol. The number of hydrogen-bond acceptors (Lipinski definition) is 5. The standard InChI is InChI=1S/C18H20N2O4/c1-12-8-9-16(23-2)15(10-12)19-11-17(21)20-14-7-5-4-6-13(14)18(22)24-3/h4-10,19H,11H2,1-3H3,(H,20,21). The average molecular weight is 328 g/mol. The van der Waals surface area contributed by atoms with Crippen molar-refractivity contribution < 1.29 is 19.1 Å². The van der Waals surface area contributed by atoms with Crippen LogP contribution in [-0.2, 0) is 9.53 Å². The molecule has 0 saturated heterocycles. The molecule has 0 atom stereocenters. The van der Waals surface area contributed by atoms with Crippen molar-refractivity contribution >= 4 is 23.3 Å². The first-order chi connectivity index (χ1) is 11.5. The lowest BCUT2D eigenvalue weighted by Gasteiger charge is -2.13. The second kappa shape index (κ2) is 8.01. The SMILES string of the molecule is COC(=O)c1ccccc1NC(=O)CNc1cc(C)ccc1OC. The van der Waals surface area contributed by atoms with Gasteiger partial charge in [0.2, 0.25) is 5.91 Å². The number of nitrogens with one attached hydrogen (secondary N) is 2. The Morgan fingerprint density at radius 1 is 1.04 bits per heavy atom. The number of benzene rings is 2. The van der Waals surface area contributed by atoms with Crippen LogP contribution in [0.25, 0.3) is 0 Å². The van der Waals surface area contributed by atoms with E-state index >= 15 is 0 Å². The summed E-state index contributed by atoms with van der Waals surface area (Å²) < 4.78 is 9.97. The molecule has 1 amide bonds. The first-order valence-corrected chi connectivity index (χ1v) is 7.41. The highest BCUT2D eigenvalue weighted by Gasteiger charge is 2.13. The second-order valence-electron chi connectivity index (χ2n) is 5.14. The van der Waals surface area contributed by atoms with Gasteiger partial charge < -0.3 is 20.1 Å². The summed E-state index contributed by atoms with van der Waals surface area (Å²) in [5.74, 6) is -0.127. The molecule has 0 fully saturated rings. The molecule has 0 radical (unpaired) electrons. The molecule has 2 aromatic rings. The molecule has 0 bridgehead atoms. The lowest BCUT2D eigenvalue weighted by Crippen LogP contribution is -2.23. The number of amides is 1. The van der Waals surface area contributed by atoms with Crippen molar-refractivity contribution in [2.45, 2.75) is 6.92 Å². The van der Waals surface area contributed by atoms with Gasteiger partial charge in [0.1, 0.15) is 5.75 Å². The van der Waals surface area contributed by atoms with Crippen LogP contribution in [0.5, 0.6) is 5.75 Å². The molecule has 6 heteroatoms. The number of para-hydroxylation sites is 1. The minimum absolute atomic E-state index is 0.0370. The van der Waals surface area contributed by atoms with Crippen molar-refractivity contribution in [3.05, 3.63) is 53.6 Å². The van der Waals surface area contributed by atoms with Crippen LogP contribution >= 0.6 is 0 Å². The van der Waals surface area contributed by atoms with Gasteiger partial charge in [0.25, 0.3) is 0 Å². The van der Waals surface area contributed by atoms with Crippen molar-refractivity contribution in [2.24, 2.45) is 0 Å². The summed E-state index contributed by atoms with van der Waals surface area (Å²) in [6, 6.07) is 12.3. The van der Waals surface area contributed by atoms with E-state index in [9.17, 15) is 9.59 Å². The van der Waals surface area contributed by atoms with Gasteiger partial charge in [0, 0.05) is 0 Å². The normalized spacial score (nSPS) is 9.96. The van der Waals surface area contributed by atoms with E-state index in [1.807, 2.05) is 25.1 Å². The Labute approximate surface area is 140 Å². The van der Waals surface area contributed by atoms with Gasteiger partial charge in [-0.1, -0.05) is 18.2 Å². The molecule has 0 unspecified atom stereocenters. The Morgan fingerprint density at radius 3 is 2.50 bits per heavy atom. The van der Waals surface area contributed by atoms with E-state index in [2.05, 4.69) is 10.6 Å². The van der Waals surface area contributed by atoms with Gasteiger partial charge in [0.05, 0.1) is 37.7 Å². The Kier molecular flexibility index (Phi) is 5.78. The second-order valence-corrected chi connectivity index (χ2v) is 5.14. The van der Waals surface area contributed by atoms with Gasteiger partial charge in [-0.15, -0.1) is 0 Å². The highest BCUT2D eigenvalue weighted by atomic mass is 16.5. The number of carbonyl (C=O) groups excluding carboxylic acids is 2. The molecule has 0 aliphatic heterocycles. The topological polar surface area (TPSA) is 76.7 Å². The first kappa shape index (κ1) is 17.3. The van der Waals surface area contributed by atoms with Gasteiger partial charge >= 0.3 is 5.97 Å². The maximum Gasteiger partial charge on any atom is 0.339 e. The van der Waals surface area contributed by atoms with Crippen LogP contribution in [0.15, 0.2) is 42.5 Å². The fourth-order valence-corrected chi connectivity index (χ4v) is 2.21. The van der Waals surface area contributed by atoms with Crippen molar-refractivity contribution in [1.29, 1.82) is 0 Å². The highest BCUT2D eigenvalue weighted by Crippen LogP contribution is 2.25. The minimum atomic E-state index is -0.501. The third kappa shape index (κ3) is 4.25. The summed E-state index contributed by atoms with van der Waals surface area (Å²) in [6.07, 6.45) is 0. The summed E-state index contributed by atoms with van der Waals surface area (Å²) in [6.45, 7) is 1.99. The summed E-state index contributed by atoms with van der Waals surface area (Å²) in [4.78, 5) is 23.9. The third-order valence-electron chi connectivity index (χ3n) is 3.40. The quantitative estimate of drug-likeness (QED) is 0.798. The molecular weight excluding hydrogens is 308 g/mol. The van der Waals surface area contributed by atoms with Crippen LogP contribution in [0.4, 0.5) is 11.4 Å². The molecule has 0 aliphatic rings. The molecule has 2 rings (SSSR count). The first-order valence-electron chi connectivity index (χ1n) is 7.41. The predicted octanol–water partition coefficient (Wildman–Crippen LogP) is 2.84. The summed E-state index contributed by atoms with van der Waals surface area (Å²) in [5.41, 5.74) is 2.50. The molecule has 6 nitrogen and oxygen atoms in total. The number of hydrogen-bond donors (Lipinski definition) is 2. The Balaban J connectivity index is 2.05. The Hall–Kier alpha value is -3.02. The molecule has 2 aromatic carbocycles. The monoisotopic (exact) mass is 328 g/mol. The number of rotatable bonds is 6. The molecule has 0 spiro atoms. The molecule has 2 N–H and O–H groups in total. The zero-order chi connectivity index (χ0) is 17.5. The van der Waals surface area contributed by atoms with Gasteiger partial charge in [-0.25, -0.2) is 4.79 Å². The summed E-state index contributed by atoms with van der Waals surface area (Å²) in [5, 5.41) is 5.74. The van der Waals surface area contributed by atoms with Crippen LogP contribution in [0.3, 0.4) is 0 Å². The van der Waals surface area contributed by atoms with Crippen LogP contribution in [-0.4, -0.2) is 32.6 Å². The number of ether oxygens (including phenoxy) is 2. The third-order valence-corrected chi connectivity index (χ3v) is 3.40. The Bertz CT molecular complexity index is 744. The highest BCUT2D eigenvalue weighted by molar-refractivity contribution is 6.02. The zero-order valence-corrected chi connectivity index (χ0v) is 13.9. The van der Waals surface area contributed by atoms with Crippen LogP contribution in [0.1, 0.15) is 15.9 Å². The van der Waals surface area contributed by atoms with E-state index in [4.69, 9.17) is 9.47 Å². The molecule has 0 heterocycles. The lowest BCUT2D eigenvalue weighted by molar-refractivity contribution is -0.114. The zero-order valence-electron chi connectivity index (χ0n) is 13.9. The van der Waals surface area contributed by atoms with Crippen LogP contribution in [0, 0.1) is 6.92 Å². The molecule has 0 saturated carbocycles. The smallest absolute Gasteiger partial charge is 0.339 e. The maximum absolute atomic E-state index is 12.2. The molecule has 126 valence electrons. The largest absolute Gasteiger partial charge is 0.495 e. The number of carbonyl (C=O) groups is 2. The minimum Gasteiger partial charge on any atom is -0.495 e. The number of esters is 1. The lowest BCUT2D eigenvalue weighted by atomic mass is 10.2. The summed E-state index contributed by atoms with van der Waals surface area (Å²) >= 11 is 0. The molecule has 0 aliphatic carbocycles. The van der Waals surface area contributed by atoms with E-state index in [1.165, 1.54) is 7.11 Å². The summed E-state index contributed by atoms with van der Waals surface area (Å²) in [7, 11) is 2.87. The van der Waals surface area contributed by atoms with Gasteiger partial charge in [-0.05, 0) is 36.8 Å². The van der Waals surface area contributed by atoms with Crippen LogP contribution < -0.4 is 15.4 Å². The number of methoxy groups -OCH3 is 2. The fourth-order valence-electron chi connectivity index (χ4n) is 2.21. The van der Waals surface area contributed by atoms with Crippen molar-refractivity contribution in [2.75, 3.05) is 31.4 Å². The molecule has 0 aromatic heterocycles. The van der Waals surface area contributed by atoms with Gasteiger partial charge in [-0.3, -0.25) is 4.79 Å².